The van der Waals surface area contributed by atoms with Crippen molar-refractivity contribution in [3.05, 3.63) is 81.5 Å². The number of benzene rings is 2. The molecule has 0 saturated carbocycles. The maximum Gasteiger partial charge on any atom is 0.276 e. The number of carbonyl (C=O) groups excluding carboxylic acids is 1. The van der Waals surface area contributed by atoms with Gasteiger partial charge in [0.15, 0.2) is 10.9 Å². The van der Waals surface area contributed by atoms with Crippen LogP contribution in [-0.4, -0.2) is 22.3 Å². The molecule has 2 aromatic carbocycles. The standard InChI is InChI=1S/C22H17ClN4O2S/c1-12-13(7-5-8-15(12)23)17-10-11-18(29-17)20-24-16-9-4-3-6-14(16)19-21(28)25-22(30-2)26-27(19)20/h3-11,20H,1-2H3,(H,25,26,28)/t20-/m1/s1. The van der Waals surface area contributed by atoms with Gasteiger partial charge in [-0.3, -0.25) is 10.1 Å². The Kier molecular flexibility index (Phi) is 4.64. The molecule has 150 valence electrons. The number of nitrogens with zero attached hydrogens (tertiary/aromatic N) is 3. The first kappa shape index (κ1) is 19.0. The molecule has 3 aromatic rings. The Bertz CT molecular complexity index is 1330. The third-order valence-corrected chi connectivity index (χ3v) is 6.10. The topological polar surface area (TPSA) is 70.2 Å². The van der Waals surface area contributed by atoms with Gasteiger partial charge >= 0.3 is 0 Å². The van der Waals surface area contributed by atoms with Gasteiger partial charge < -0.3 is 4.42 Å². The minimum absolute atomic E-state index is 0.209. The summed E-state index contributed by atoms with van der Waals surface area (Å²) in [5, 5.41) is 11.7. The highest BCUT2D eigenvalue weighted by Crippen LogP contribution is 2.35. The molecule has 30 heavy (non-hydrogen) atoms. The Hall–Kier alpha value is -3.03. The number of halogens is 1. The molecule has 0 spiro atoms. The maximum atomic E-state index is 12.9. The van der Waals surface area contributed by atoms with Crippen LogP contribution in [0.25, 0.3) is 17.0 Å². The number of fused-ring (bicyclic) bond motifs is 2. The highest BCUT2D eigenvalue weighted by atomic mass is 35.5. The van der Waals surface area contributed by atoms with E-state index in [9.17, 15) is 4.79 Å². The second kappa shape index (κ2) is 7.34. The van der Waals surface area contributed by atoms with E-state index < -0.39 is 6.17 Å². The lowest BCUT2D eigenvalue weighted by Crippen LogP contribution is -2.50. The second-order valence-corrected chi connectivity index (χ2v) is 8.09. The fourth-order valence-electron chi connectivity index (χ4n) is 3.62. The lowest BCUT2D eigenvalue weighted by molar-refractivity contribution is -0.116. The van der Waals surface area contributed by atoms with Gasteiger partial charge in [0.1, 0.15) is 11.5 Å². The normalized spacial score (nSPS) is 17.6. The quantitative estimate of drug-likeness (QED) is 0.668. The molecule has 6 nitrogen and oxygen atoms in total. The fourth-order valence-corrected chi connectivity index (χ4v) is 4.15. The Morgan fingerprint density at radius 1 is 1.13 bits per heavy atom. The van der Waals surface area contributed by atoms with Gasteiger partial charge in [-0.05, 0) is 43.0 Å². The Labute approximate surface area is 181 Å². The number of amides is 1. The fraction of sp³-hybridized carbons (Fsp3) is 0.136. The van der Waals surface area contributed by atoms with Crippen LogP contribution in [0.5, 0.6) is 0 Å². The summed E-state index contributed by atoms with van der Waals surface area (Å²) in [4.78, 5) is 17.7. The third kappa shape index (κ3) is 3.02. The van der Waals surface area contributed by atoms with Crippen LogP contribution in [-0.2, 0) is 4.79 Å². The summed E-state index contributed by atoms with van der Waals surface area (Å²) >= 11 is 7.64. The van der Waals surface area contributed by atoms with Crippen LogP contribution in [0.4, 0.5) is 0 Å². The number of para-hydroxylation sites is 1. The number of amidine groups is 1. The van der Waals surface area contributed by atoms with Crippen LogP contribution >= 0.6 is 23.4 Å². The Morgan fingerprint density at radius 3 is 2.80 bits per heavy atom. The van der Waals surface area contributed by atoms with Crippen molar-refractivity contribution in [1.82, 2.24) is 10.3 Å². The summed E-state index contributed by atoms with van der Waals surface area (Å²) in [5.41, 5.74) is 2.32. The van der Waals surface area contributed by atoms with Gasteiger partial charge in [-0.25, -0.2) is 10.0 Å². The molecule has 0 saturated heterocycles. The first-order chi connectivity index (χ1) is 14.6. The summed E-state index contributed by atoms with van der Waals surface area (Å²) in [5.74, 6) is 1.07. The van der Waals surface area contributed by atoms with E-state index in [1.54, 1.807) is 5.01 Å². The number of thioether (sulfide) groups is 1. The zero-order valence-electron chi connectivity index (χ0n) is 16.2. The SMILES string of the molecule is CSC1=NN2C(=c3ccccc3=N[C@H]2c2ccc(-c3cccc(Cl)c3C)o2)C(=O)N1. The average molecular weight is 437 g/mol. The van der Waals surface area contributed by atoms with Gasteiger partial charge in [0.25, 0.3) is 5.91 Å². The van der Waals surface area contributed by atoms with Gasteiger partial charge in [-0.1, -0.05) is 53.7 Å². The number of carbonyl (C=O) groups is 1. The number of hydrogen-bond acceptors (Lipinski definition) is 6. The molecule has 3 heterocycles. The van der Waals surface area contributed by atoms with Crippen molar-refractivity contribution in [2.45, 2.75) is 13.1 Å². The average Bonchev–Trinajstić information content (AvgIpc) is 3.24. The number of rotatable bonds is 2. The summed E-state index contributed by atoms with van der Waals surface area (Å²) < 4.78 is 6.20. The van der Waals surface area contributed by atoms with E-state index in [0.717, 1.165) is 21.7 Å². The number of hydrogen-bond donors (Lipinski definition) is 1. The summed E-state index contributed by atoms with van der Waals surface area (Å²) in [7, 11) is 0. The van der Waals surface area contributed by atoms with Crippen molar-refractivity contribution in [3.8, 4) is 11.3 Å². The molecule has 1 atom stereocenters. The predicted molar refractivity (Wildman–Crippen MR) is 118 cm³/mol. The van der Waals surface area contributed by atoms with Crippen molar-refractivity contribution in [3.63, 3.8) is 0 Å². The highest BCUT2D eigenvalue weighted by Gasteiger charge is 2.35. The largest absolute Gasteiger partial charge is 0.457 e. The zero-order valence-corrected chi connectivity index (χ0v) is 17.8. The molecule has 0 fully saturated rings. The van der Waals surface area contributed by atoms with Gasteiger partial charge in [0, 0.05) is 15.8 Å². The van der Waals surface area contributed by atoms with E-state index >= 15 is 0 Å². The predicted octanol–water partition coefficient (Wildman–Crippen LogP) is 3.41. The first-order valence-electron chi connectivity index (χ1n) is 9.32. The van der Waals surface area contributed by atoms with Crippen molar-refractivity contribution >= 4 is 40.1 Å². The van der Waals surface area contributed by atoms with Gasteiger partial charge in [0.2, 0.25) is 6.17 Å². The van der Waals surface area contributed by atoms with Crippen LogP contribution in [0.1, 0.15) is 17.5 Å². The number of furan rings is 1. The molecule has 5 rings (SSSR count). The molecule has 0 unspecified atom stereocenters. The van der Waals surface area contributed by atoms with Crippen LogP contribution < -0.4 is 15.9 Å². The van der Waals surface area contributed by atoms with E-state index in [4.69, 9.17) is 21.0 Å². The molecule has 2 aliphatic rings. The summed E-state index contributed by atoms with van der Waals surface area (Å²) in [6.07, 6.45) is 1.28. The summed E-state index contributed by atoms with van der Waals surface area (Å²) in [6.45, 7) is 1.96. The first-order valence-corrected chi connectivity index (χ1v) is 10.9. The minimum atomic E-state index is -0.587. The molecule has 0 radical (unpaired) electrons. The summed E-state index contributed by atoms with van der Waals surface area (Å²) in [6, 6.07) is 17.0. The van der Waals surface area contributed by atoms with Crippen LogP contribution in [0, 0.1) is 6.92 Å². The van der Waals surface area contributed by atoms with Crippen LogP contribution in [0.3, 0.4) is 0 Å². The van der Waals surface area contributed by atoms with E-state index in [1.165, 1.54) is 11.8 Å². The van der Waals surface area contributed by atoms with Crippen molar-refractivity contribution < 1.29 is 9.21 Å². The lowest BCUT2D eigenvalue weighted by atomic mass is 10.1. The molecular formula is C22H17ClN4O2S. The Morgan fingerprint density at radius 2 is 1.97 bits per heavy atom. The van der Waals surface area contributed by atoms with Crippen molar-refractivity contribution in [1.29, 1.82) is 0 Å². The van der Waals surface area contributed by atoms with Gasteiger partial charge in [-0.2, -0.15) is 0 Å². The third-order valence-electron chi connectivity index (χ3n) is 5.12. The van der Waals surface area contributed by atoms with E-state index in [2.05, 4.69) is 10.4 Å². The molecule has 1 amide bonds. The molecule has 0 aliphatic carbocycles. The van der Waals surface area contributed by atoms with Crippen molar-refractivity contribution in [2.24, 2.45) is 10.1 Å². The van der Waals surface area contributed by atoms with Crippen molar-refractivity contribution in [2.75, 3.05) is 6.26 Å². The molecular weight excluding hydrogens is 420 g/mol. The smallest absolute Gasteiger partial charge is 0.276 e. The van der Waals surface area contributed by atoms with Gasteiger partial charge in [-0.15, -0.1) is 5.10 Å². The Balaban J connectivity index is 1.67. The monoisotopic (exact) mass is 436 g/mol. The number of nitrogens with one attached hydrogen (secondary N) is 1. The van der Waals surface area contributed by atoms with Crippen LogP contribution in [0.2, 0.25) is 5.02 Å². The van der Waals surface area contributed by atoms with Crippen LogP contribution in [0.15, 0.2) is 69.1 Å². The zero-order chi connectivity index (χ0) is 20.8. The number of hydrazone groups is 1. The molecule has 8 heteroatoms. The molecule has 1 N–H and O–H groups in total. The highest BCUT2D eigenvalue weighted by molar-refractivity contribution is 8.13. The van der Waals surface area contributed by atoms with E-state index in [1.807, 2.05) is 67.8 Å². The van der Waals surface area contributed by atoms with E-state index in [-0.39, 0.29) is 5.91 Å². The lowest BCUT2D eigenvalue weighted by Gasteiger charge is -2.32. The van der Waals surface area contributed by atoms with Gasteiger partial charge in [0.05, 0.1) is 5.36 Å². The maximum absolute atomic E-state index is 12.9. The molecule has 1 aromatic heterocycles. The molecule has 2 aliphatic heterocycles. The molecule has 0 bridgehead atoms. The minimum Gasteiger partial charge on any atom is -0.457 e. The second-order valence-electron chi connectivity index (χ2n) is 6.89. The van der Waals surface area contributed by atoms with E-state index in [0.29, 0.717) is 27.4 Å².